The summed E-state index contributed by atoms with van der Waals surface area (Å²) in [6.07, 6.45) is 2.03. The van der Waals surface area contributed by atoms with Crippen molar-refractivity contribution in [1.29, 1.82) is 0 Å². The van der Waals surface area contributed by atoms with Crippen LogP contribution in [0, 0.1) is 11.3 Å². The highest BCUT2D eigenvalue weighted by atomic mass is 16.2. The number of nitrogens with one attached hydrogen (secondary N) is 3. The summed E-state index contributed by atoms with van der Waals surface area (Å²) in [5.74, 6) is -0.157. The van der Waals surface area contributed by atoms with Gasteiger partial charge in [0.1, 0.15) is 5.41 Å². The Morgan fingerprint density at radius 2 is 1.71 bits per heavy atom. The highest BCUT2D eigenvalue weighted by Crippen LogP contribution is 2.46. The first kappa shape index (κ1) is 18.0. The van der Waals surface area contributed by atoms with Gasteiger partial charge in [0.25, 0.3) is 0 Å². The molecular weight excluding hydrogens is 306 g/mol. The molecule has 1 aromatic carbocycles. The third kappa shape index (κ3) is 4.57. The van der Waals surface area contributed by atoms with Crippen molar-refractivity contribution in [2.75, 3.05) is 17.2 Å². The SMILES string of the molecule is CC(=O)Nc1cccc(NC(=O)C2(C(=O)NCCC(C)C)CC2)c1. The van der Waals surface area contributed by atoms with Gasteiger partial charge >= 0.3 is 0 Å². The van der Waals surface area contributed by atoms with E-state index in [0.717, 1.165) is 6.42 Å². The lowest BCUT2D eigenvalue weighted by Gasteiger charge is -2.16. The molecule has 6 heteroatoms. The second-order valence-electron chi connectivity index (χ2n) is 6.74. The second-order valence-corrected chi connectivity index (χ2v) is 6.74. The Morgan fingerprint density at radius 1 is 1.08 bits per heavy atom. The van der Waals surface area contributed by atoms with Gasteiger partial charge in [-0.05, 0) is 43.4 Å². The number of benzene rings is 1. The molecule has 0 atom stereocenters. The highest BCUT2D eigenvalue weighted by Gasteiger charge is 2.56. The van der Waals surface area contributed by atoms with Gasteiger partial charge in [-0.2, -0.15) is 0 Å². The largest absolute Gasteiger partial charge is 0.355 e. The standard InChI is InChI=1S/C18H25N3O3/c1-12(2)7-10-19-16(23)18(8-9-18)17(24)21-15-6-4-5-14(11-15)20-13(3)22/h4-6,11-12H,7-10H2,1-3H3,(H,19,23)(H,20,22)(H,21,24). The van der Waals surface area contributed by atoms with Crippen molar-refractivity contribution in [2.45, 2.75) is 40.0 Å². The van der Waals surface area contributed by atoms with Crippen molar-refractivity contribution in [3.05, 3.63) is 24.3 Å². The van der Waals surface area contributed by atoms with E-state index >= 15 is 0 Å². The predicted octanol–water partition coefficient (Wildman–Crippen LogP) is 2.53. The molecule has 0 heterocycles. The number of anilines is 2. The minimum absolute atomic E-state index is 0.179. The zero-order valence-electron chi connectivity index (χ0n) is 14.4. The van der Waals surface area contributed by atoms with Crippen LogP contribution in [0.5, 0.6) is 0 Å². The smallest absolute Gasteiger partial charge is 0.240 e. The number of amides is 3. The van der Waals surface area contributed by atoms with E-state index in [4.69, 9.17) is 0 Å². The van der Waals surface area contributed by atoms with E-state index in [1.165, 1.54) is 6.92 Å². The molecule has 0 bridgehead atoms. The Kier molecular flexibility index (Phi) is 5.59. The van der Waals surface area contributed by atoms with E-state index < -0.39 is 5.41 Å². The van der Waals surface area contributed by atoms with Crippen LogP contribution >= 0.6 is 0 Å². The normalized spacial score (nSPS) is 14.8. The van der Waals surface area contributed by atoms with Crippen LogP contribution in [-0.2, 0) is 14.4 Å². The topological polar surface area (TPSA) is 87.3 Å². The van der Waals surface area contributed by atoms with Gasteiger partial charge in [0, 0.05) is 24.8 Å². The second kappa shape index (κ2) is 7.47. The van der Waals surface area contributed by atoms with E-state index in [2.05, 4.69) is 29.8 Å². The van der Waals surface area contributed by atoms with Crippen molar-refractivity contribution in [3.63, 3.8) is 0 Å². The lowest BCUT2D eigenvalue weighted by atomic mass is 10.0. The molecule has 1 aliphatic carbocycles. The van der Waals surface area contributed by atoms with Gasteiger partial charge < -0.3 is 16.0 Å². The molecule has 1 aromatic rings. The van der Waals surface area contributed by atoms with Gasteiger partial charge in [-0.15, -0.1) is 0 Å². The Hall–Kier alpha value is -2.37. The quantitative estimate of drug-likeness (QED) is 0.671. The van der Waals surface area contributed by atoms with Crippen LogP contribution in [-0.4, -0.2) is 24.3 Å². The van der Waals surface area contributed by atoms with Crippen molar-refractivity contribution in [1.82, 2.24) is 5.32 Å². The molecule has 0 aliphatic heterocycles. The van der Waals surface area contributed by atoms with Crippen molar-refractivity contribution < 1.29 is 14.4 Å². The molecule has 1 fully saturated rings. The van der Waals surface area contributed by atoms with E-state index in [0.29, 0.717) is 36.7 Å². The van der Waals surface area contributed by atoms with E-state index in [9.17, 15) is 14.4 Å². The van der Waals surface area contributed by atoms with Crippen LogP contribution in [0.15, 0.2) is 24.3 Å². The first-order valence-corrected chi connectivity index (χ1v) is 8.31. The van der Waals surface area contributed by atoms with Gasteiger partial charge in [0.2, 0.25) is 17.7 Å². The summed E-state index contributed by atoms with van der Waals surface area (Å²) in [7, 11) is 0. The number of carbonyl (C=O) groups excluding carboxylic acids is 3. The van der Waals surface area contributed by atoms with Crippen molar-refractivity contribution in [3.8, 4) is 0 Å². The lowest BCUT2D eigenvalue weighted by Crippen LogP contribution is -2.40. The molecule has 0 aromatic heterocycles. The van der Waals surface area contributed by atoms with Crippen LogP contribution in [0.1, 0.15) is 40.0 Å². The first-order valence-electron chi connectivity index (χ1n) is 8.31. The zero-order chi connectivity index (χ0) is 17.7. The molecule has 2 rings (SSSR count). The molecule has 3 N–H and O–H groups in total. The number of hydrogen-bond acceptors (Lipinski definition) is 3. The first-order chi connectivity index (χ1) is 11.3. The predicted molar refractivity (Wildman–Crippen MR) is 93.5 cm³/mol. The number of hydrogen-bond donors (Lipinski definition) is 3. The molecule has 130 valence electrons. The minimum Gasteiger partial charge on any atom is -0.355 e. The van der Waals surface area contributed by atoms with Crippen LogP contribution in [0.4, 0.5) is 11.4 Å². The van der Waals surface area contributed by atoms with Crippen LogP contribution < -0.4 is 16.0 Å². The average Bonchev–Trinajstić information content (AvgIpc) is 3.28. The van der Waals surface area contributed by atoms with E-state index in [1.54, 1.807) is 24.3 Å². The lowest BCUT2D eigenvalue weighted by molar-refractivity contribution is -0.134. The molecule has 0 unspecified atom stereocenters. The molecule has 0 radical (unpaired) electrons. The number of carbonyl (C=O) groups is 3. The minimum atomic E-state index is -0.943. The fraction of sp³-hybridized carbons (Fsp3) is 0.500. The molecule has 1 saturated carbocycles. The van der Waals surface area contributed by atoms with Gasteiger partial charge in [0.15, 0.2) is 0 Å². The molecule has 24 heavy (non-hydrogen) atoms. The van der Waals surface area contributed by atoms with Gasteiger partial charge in [-0.25, -0.2) is 0 Å². The fourth-order valence-corrected chi connectivity index (χ4v) is 2.45. The maximum Gasteiger partial charge on any atom is 0.240 e. The maximum atomic E-state index is 12.5. The average molecular weight is 331 g/mol. The Bertz CT molecular complexity index is 636. The summed E-state index contributed by atoms with van der Waals surface area (Å²) in [6, 6.07) is 6.88. The third-order valence-corrected chi connectivity index (χ3v) is 4.07. The molecular formula is C18H25N3O3. The maximum absolute atomic E-state index is 12.5. The molecule has 3 amide bonds. The Balaban J connectivity index is 1.96. The highest BCUT2D eigenvalue weighted by molar-refractivity contribution is 6.13. The van der Waals surface area contributed by atoms with Gasteiger partial charge in [-0.3, -0.25) is 14.4 Å². The van der Waals surface area contributed by atoms with Crippen molar-refractivity contribution >= 4 is 29.1 Å². The Labute approximate surface area is 142 Å². The molecule has 0 spiro atoms. The van der Waals surface area contributed by atoms with Crippen molar-refractivity contribution in [2.24, 2.45) is 11.3 Å². The molecule has 6 nitrogen and oxygen atoms in total. The van der Waals surface area contributed by atoms with Crippen LogP contribution in [0.3, 0.4) is 0 Å². The Morgan fingerprint density at radius 3 is 2.25 bits per heavy atom. The van der Waals surface area contributed by atoms with Crippen LogP contribution in [0.2, 0.25) is 0 Å². The molecule has 0 saturated heterocycles. The third-order valence-electron chi connectivity index (χ3n) is 4.07. The summed E-state index contributed by atoms with van der Waals surface area (Å²) in [6.45, 7) is 6.19. The van der Waals surface area contributed by atoms with Crippen LogP contribution in [0.25, 0.3) is 0 Å². The zero-order valence-corrected chi connectivity index (χ0v) is 14.4. The summed E-state index contributed by atoms with van der Waals surface area (Å²) in [4.78, 5) is 35.9. The summed E-state index contributed by atoms with van der Waals surface area (Å²) < 4.78 is 0. The monoisotopic (exact) mass is 331 g/mol. The van der Waals surface area contributed by atoms with E-state index in [-0.39, 0.29) is 17.7 Å². The molecule has 1 aliphatic rings. The van der Waals surface area contributed by atoms with E-state index in [1.807, 2.05) is 0 Å². The summed E-state index contributed by atoms with van der Waals surface area (Å²) >= 11 is 0. The summed E-state index contributed by atoms with van der Waals surface area (Å²) in [5, 5.41) is 8.32. The summed E-state index contributed by atoms with van der Waals surface area (Å²) in [5.41, 5.74) is 0.222. The number of rotatable bonds is 7. The fourth-order valence-electron chi connectivity index (χ4n) is 2.45. The van der Waals surface area contributed by atoms with Gasteiger partial charge in [0.05, 0.1) is 0 Å². The van der Waals surface area contributed by atoms with Gasteiger partial charge in [-0.1, -0.05) is 19.9 Å².